The van der Waals surface area contributed by atoms with E-state index in [1.165, 1.54) is 22.3 Å². The fraction of sp³-hybridized carbons (Fsp3) is 0.500. The maximum absolute atomic E-state index is 4.49. The lowest BCUT2D eigenvalue weighted by Crippen LogP contribution is -2.19. The Labute approximate surface area is 128 Å². The molecular weight excluding hydrogens is 258 g/mol. The molecule has 0 amide bonds. The summed E-state index contributed by atoms with van der Waals surface area (Å²) in [5.41, 5.74) is 6.57. The molecular formula is C18H27N3. The first-order chi connectivity index (χ1) is 9.95. The van der Waals surface area contributed by atoms with Gasteiger partial charge in [-0.15, -0.1) is 0 Å². The minimum Gasteiger partial charge on any atom is -0.333 e. The molecule has 0 spiro atoms. The van der Waals surface area contributed by atoms with Gasteiger partial charge < -0.3 is 9.88 Å². The van der Waals surface area contributed by atoms with Crippen LogP contribution in [-0.4, -0.2) is 16.1 Å². The molecule has 1 heterocycles. The Bertz CT molecular complexity index is 573. The average molecular weight is 285 g/mol. The second-order valence-electron chi connectivity index (χ2n) is 6.44. The standard InChI is InChI=1S/C18H27N3/c1-13(2)8-19-9-17-10-21(12-20-17)11-18-15(4)6-14(3)7-16(18)5/h6-7,10,12-13,19H,8-9,11H2,1-5H3. The summed E-state index contributed by atoms with van der Waals surface area (Å²) in [6.45, 7) is 13.7. The minimum absolute atomic E-state index is 0.671. The van der Waals surface area contributed by atoms with Crippen molar-refractivity contribution < 1.29 is 0 Å². The molecule has 0 saturated heterocycles. The molecule has 114 valence electrons. The molecule has 0 radical (unpaired) electrons. The SMILES string of the molecule is Cc1cc(C)c(Cn2cnc(CNCC(C)C)c2)c(C)c1. The monoisotopic (exact) mass is 285 g/mol. The topological polar surface area (TPSA) is 29.9 Å². The number of benzene rings is 1. The van der Waals surface area contributed by atoms with Gasteiger partial charge in [-0.25, -0.2) is 4.98 Å². The summed E-state index contributed by atoms with van der Waals surface area (Å²) < 4.78 is 2.18. The number of nitrogens with one attached hydrogen (secondary N) is 1. The molecule has 0 bridgehead atoms. The molecule has 0 aliphatic heterocycles. The van der Waals surface area contributed by atoms with Crippen LogP contribution < -0.4 is 5.32 Å². The molecule has 1 aromatic carbocycles. The van der Waals surface area contributed by atoms with E-state index in [2.05, 4.69) is 67.8 Å². The third-order valence-electron chi connectivity index (χ3n) is 3.73. The molecule has 2 aromatic rings. The number of aryl methyl sites for hydroxylation is 3. The Morgan fingerprint density at radius 1 is 1.14 bits per heavy atom. The van der Waals surface area contributed by atoms with Gasteiger partial charge in [0.25, 0.3) is 0 Å². The summed E-state index contributed by atoms with van der Waals surface area (Å²) in [7, 11) is 0. The van der Waals surface area contributed by atoms with E-state index in [4.69, 9.17) is 0 Å². The third-order valence-corrected chi connectivity index (χ3v) is 3.73. The third kappa shape index (κ3) is 4.43. The van der Waals surface area contributed by atoms with Gasteiger partial charge in [0.05, 0.1) is 12.0 Å². The zero-order valence-electron chi connectivity index (χ0n) is 13.9. The van der Waals surface area contributed by atoms with E-state index in [1.807, 2.05) is 6.33 Å². The van der Waals surface area contributed by atoms with Crippen LogP contribution in [0.25, 0.3) is 0 Å². The summed E-state index contributed by atoms with van der Waals surface area (Å²) in [6, 6.07) is 4.51. The van der Waals surface area contributed by atoms with Crippen molar-refractivity contribution in [1.82, 2.24) is 14.9 Å². The number of aromatic nitrogens is 2. The fourth-order valence-corrected chi connectivity index (χ4v) is 2.71. The van der Waals surface area contributed by atoms with Crippen LogP contribution in [-0.2, 0) is 13.1 Å². The van der Waals surface area contributed by atoms with Gasteiger partial charge in [-0.05, 0) is 49.9 Å². The summed E-state index contributed by atoms with van der Waals surface area (Å²) >= 11 is 0. The highest BCUT2D eigenvalue weighted by molar-refractivity contribution is 5.37. The van der Waals surface area contributed by atoms with Gasteiger partial charge in [0, 0.05) is 19.3 Å². The Hall–Kier alpha value is -1.61. The molecule has 0 fully saturated rings. The van der Waals surface area contributed by atoms with Crippen LogP contribution in [0, 0.1) is 26.7 Å². The molecule has 0 saturated carbocycles. The van der Waals surface area contributed by atoms with E-state index in [1.54, 1.807) is 0 Å². The molecule has 0 aliphatic carbocycles. The van der Waals surface area contributed by atoms with Crippen LogP contribution in [0.3, 0.4) is 0 Å². The normalized spacial score (nSPS) is 11.3. The second kappa shape index (κ2) is 6.90. The average Bonchev–Trinajstić information content (AvgIpc) is 2.81. The van der Waals surface area contributed by atoms with Crippen LogP contribution in [0.15, 0.2) is 24.7 Å². The number of nitrogens with zero attached hydrogens (tertiary/aromatic N) is 2. The van der Waals surface area contributed by atoms with Crippen LogP contribution >= 0.6 is 0 Å². The zero-order chi connectivity index (χ0) is 15.4. The van der Waals surface area contributed by atoms with E-state index in [-0.39, 0.29) is 0 Å². The number of imidazole rings is 1. The summed E-state index contributed by atoms with van der Waals surface area (Å²) in [6.07, 6.45) is 4.08. The lowest BCUT2D eigenvalue weighted by atomic mass is 10.00. The predicted octanol–water partition coefficient (Wildman–Crippen LogP) is 3.60. The summed E-state index contributed by atoms with van der Waals surface area (Å²) in [4.78, 5) is 4.49. The van der Waals surface area contributed by atoms with E-state index in [9.17, 15) is 0 Å². The second-order valence-corrected chi connectivity index (χ2v) is 6.44. The van der Waals surface area contributed by atoms with Crippen molar-refractivity contribution in [2.45, 2.75) is 47.7 Å². The highest BCUT2D eigenvalue weighted by Crippen LogP contribution is 2.17. The molecule has 1 N–H and O–H groups in total. The lowest BCUT2D eigenvalue weighted by molar-refractivity contribution is 0.548. The Balaban J connectivity index is 2.03. The van der Waals surface area contributed by atoms with E-state index >= 15 is 0 Å². The summed E-state index contributed by atoms with van der Waals surface area (Å²) in [5.74, 6) is 0.671. The highest BCUT2D eigenvalue weighted by Gasteiger charge is 2.06. The van der Waals surface area contributed by atoms with Crippen molar-refractivity contribution in [1.29, 1.82) is 0 Å². The summed E-state index contributed by atoms with van der Waals surface area (Å²) in [5, 5.41) is 3.43. The molecule has 2 rings (SSSR count). The van der Waals surface area contributed by atoms with Crippen LogP contribution in [0.5, 0.6) is 0 Å². The van der Waals surface area contributed by atoms with Gasteiger partial charge in [-0.1, -0.05) is 31.5 Å². The van der Waals surface area contributed by atoms with Gasteiger partial charge in [0.2, 0.25) is 0 Å². The first kappa shape index (κ1) is 15.8. The smallest absolute Gasteiger partial charge is 0.0953 e. The Morgan fingerprint density at radius 3 is 2.43 bits per heavy atom. The molecule has 1 aromatic heterocycles. The van der Waals surface area contributed by atoms with Gasteiger partial charge in [0.1, 0.15) is 0 Å². The lowest BCUT2D eigenvalue weighted by Gasteiger charge is -2.11. The first-order valence-electron chi connectivity index (χ1n) is 7.73. The first-order valence-corrected chi connectivity index (χ1v) is 7.73. The number of rotatable bonds is 6. The van der Waals surface area contributed by atoms with Crippen molar-refractivity contribution in [2.75, 3.05) is 6.54 Å². The van der Waals surface area contributed by atoms with Crippen molar-refractivity contribution in [3.8, 4) is 0 Å². The maximum Gasteiger partial charge on any atom is 0.0953 e. The molecule has 3 nitrogen and oxygen atoms in total. The minimum atomic E-state index is 0.671. The van der Waals surface area contributed by atoms with Gasteiger partial charge >= 0.3 is 0 Å². The van der Waals surface area contributed by atoms with Crippen molar-refractivity contribution in [2.24, 2.45) is 5.92 Å². The maximum atomic E-state index is 4.49. The Kier molecular flexibility index (Phi) is 5.18. The zero-order valence-corrected chi connectivity index (χ0v) is 13.9. The van der Waals surface area contributed by atoms with E-state index in [0.717, 1.165) is 25.3 Å². The van der Waals surface area contributed by atoms with Gasteiger partial charge in [-0.3, -0.25) is 0 Å². The fourth-order valence-electron chi connectivity index (χ4n) is 2.71. The predicted molar refractivity (Wildman–Crippen MR) is 88.5 cm³/mol. The van der Waals surface area contributed by atoms with Crippen molar-refractivity contribution in [3.63, 3.8) is 0 Å². The van der Waals surface area contributed by atoms with Crippen LogP contribution in [0.1, 0.15) is 41.8 Å². The molecule has 0 unspecified atom stereocenters. The largest absolute Gasteiger partial charge is 0.333 e. The van der Waals surface area contributed by atoms with Crippen LogP contribution in [0.4, 0.5) is 0 Å². The quantitative estimate of drug-likeness (QED) is 0.879. The van der Waals surface area contributed by atoms with Crippen molar-refractivity contribution in [3.05, 3.63) is 52.6 Å². The van der Waals surface area contributed by atoms with Gasteiger partial charge in [-0.2, -0.15) is 0 Å². The molecule has 0 aliphatic rings. The Morgan fingerprint density at radius 2 is 1.81 bits per heavy atom. The number of hydrogen-bond acceptors (Lipinski definition) is 2. The van der Waals surface area contributed by atoms with E-state index < -0.39 is 0 Å². The molecule has 3 heteroatoms. The highest BCUT2D eigenvalue weighted by atomic mass is 15.0. The number of hydrogen-bond donors (Lipinski definition) is 1. The van der Waals surface area contributed by atoms with Crippen molar-refractivity contribution >= 4 is 0 Å². The van der Waals surface area contributed by atoms with Gasteiger partial charge in [0.15, 0.2) is 0 Å². The van der Waals surface area contributed by atoms with Crippen LogP contribution in [0.2, 0.25) is 0 Å². The van der Waals surface area contributed by atoms with E-state index in [0.29, 0.717) is 5.92 Å². The molecule has 21 heavy (non-hydrogen) atoms. The molecule has 0 atom stereocenters.